The van der Waals surface area contributed by atoms with Crippen LogP contribution in [0.2, 0.25) is 0 Å². The van der Waals surface area contributed by atoms with Crippen LogP contribution in [0.1, 0.15) is 38.2 Å². The maximum absolute atomic E-state index is 13.7. The molecule has 0 radical (unpaired) electrons. The van der Waals surface area contributed by atoms with Gasteiger partial charge < -0.3 is 41.6 Å². The number of nitrogens with two attached hydrogens (primary N) is 1. The topological polar surface area (TPSA) is 215 Å². The van der Waals surface area contributed by atoms with Gasteiger partial charge in [-0.05, 0) is 37.8 Å². The highest BCUT2D eigenvalue weighted by molar-refractivity contribution is 5.95. The average molecular weight is 532 g/mol. The number of aliphatic hydroxyl groups excluding tert-OH is 1. The highest BCUT2D eigenvalue weighted by atomic mass is 16.4. The standard InChI is InChI=1S/C25H33N5O8/c1-13(31)21(25(37)38)29-23(35)19-7-4-10-30(19)24(36)18(28-22(34)16(26)8-9-20(32)33)11-14-12-27-17-6-3-2-5-15(14)17/h2-3,5-6,12-13,16,18-19,21,27,31H,4,7-11,26H2,1H3,(H,28,34)(H,29,35)(H,32,33)(H,37,38). The summed E-state index contributed by atoms with van der Waals surface area (Å²) in [5.74, 6) is -4.51. The Kier molecular flexibility index (Phi) is 9.42. The van der Waals surface area contributed by atoms with E-state index in [9.17, 15) is 34.2 Å². The summed E-state index contributed by atoms with van der Waals surface area (Å²) in [4.78, 5) is 66.2. The second-order valence-corrected chi connectivity index (χ2v) is 9.42. The average Bonchev–Trinajstić information content (AvgIpc) is 3.52. The van der Waals surface area contributed by atoms with E-state index in [-0.39, 0.29) is 32.2 Å². The van der Waals surface area contributed by atoms with Crippen molar-refractivity contribution >= 4 is 40.6 Å². The molecule has 38 heavy (non-hydrogen) atoms. The van der Waals surface area contributed by atoms with Gasteiger partial charge in [0.1, 0.15) is 12.1 Å². The van der Waals surface area contributed by atoms with Crippen molar-refractivity contribution in [3.63, 3.8) is 0 Å². The van der Waals surface area contributed by atoms with E-state index in [1.807, 2.05) is 24.3 Å². The van der Waals surface area contributed by atoms with E-state index in [0.29, 0.717) is 6.42 Å². The van der Waals surface area contributed by atoms with E-state index in [4.69, 9.17) is 10.8 Å². The first-order valence-corrected chi connectivity index (χ1v) is 12.3. The molecule has 0 spiro atoms. The lowest BCUT2D eigenvalue weighted by Crippen LogP contribution is -2.58. The summed E-state index contributed by atoms with van der Waals surface area (Å²) in [5.41, 5.74) is 7.43. The van der Waals surface area contributed by atoms with Crippen LogP contribution in [-0.4, -0.2) is 91.7 Å². The molecule has 1 aliphatic heterocycles. The van der Waals surface area contributed by atoms with Crippen molar-refractivity contribution in [1.82, 2.24) is 20.5 Å². The minimum atomic E-state index is -1.55. The van der Waals surface area contributed by atoms with E-state index < -0.39 is 59.9 Å². The zero-order valence-electron chi connectivity index (χ0n) is 20.9. The summed E-state index contributed by atoms with van der Waals surface area (Å²) >= 11 is 0. The Morgan fingerprint density at radius 1 is 1.16 bits per heavy atom. The number of hydrogen-bond acceptors (Lipinski definition) is 7. The molecule has 1 aliphatic rings. The number of carboxylic acids is 2. The van der Waals surface area contributed by atoms with Crippen LogP contribution < -0.4 is 16.4 Å². The number of carbonyl (C=O) groups excluding carboxylic acids is 3. The van der Waals surface area contributed by atoms with Gasteiger partial charge in [0.05, 0.1) is 12.1 Å². The van der Waals surface area contributed by atoms with Gasteiger partial charge >= 0.3 is 11.9 Å². The Bertz CT molecular complexity index is 1200. The number of amides is 3. The van der Waals surface area contributed by atoms with Gasteiger partial charge in [-0.2, -0.15) is 0 Å². The second-order valence-electron chi connectivity index (χ2n) is 9.42. The summed E-state index contributed by atoms with van der Waals surface area (Å²) in [5, 5.41) is 33.7. The molecular weight excluding hydrogens is 498 g/mol. The summed E-state index contributed by atoms with van der Waals surface area (Å²) in [6, 6.07) is 2.57. The Balaban J connectivity index is 1.83. The van der Waals surface area contributed by atoms with Crippen LogP contribution in [0.15, 0.2) is 30.5 Å². The highest BCUT2D eigenvalue weighted by Gasteiger charge is 2.40. The minimum absolute atomic E-state index is 0.0660. The smallest absolute Gasteiger partial charge is 0.328 e. The molecule has 0 saturated carbocycles. The van der Waals surface area contributed by atoms with Crippen molar-refractivity contribution < 1.29 is 39.3 Å². The first kappa shape index (κ1) is 28.6. The second kappa shape index (κ2) is 12.5. The fourth-order valence-electron chi connectivity index (χ4n) is 4.55. The van der Waals surface area contributed by atoms with Crippen LogP contribution in [0.3, 0.4) is 0 Å². The van der Waals surface area contributed by atoms with Crippen molar-refractivity contribution in [3.05, 3.63) is 36.0 Å². The Labute approximate surface area is 218 Å². The number of aromatic nitrogens is 1. The van der Waals surface area contributed by atoms with Gasteiger partial charge in [0.25, 0.3) is 0 Å². The molecule has 206 valence electrons. The maximum Gasteiger partial charge on any atom is 0.328 e. The zero-order valence-corrected chi connectivity index (χ0v) is 20.9. The number of hydrogen-bond donors (Lipinski definition) is 7. The molecule has 13 nitrogen and oxygen atoms in total. The van der Waals surface area contributed by atoms with E-state index >= 15 is 0 Å². The zero-order chi connectivity index (χ0) is 28.0. The van der Waals surface area contributed by atoms with Crippen LogP contribution in [0, 0.1) is 0 Å². The molecule has 5 atom stereocenters. The van der Waals surface area contributed by atoms with Crippen LogP contribution in [0.4, 0.5) is 0 Å². The lowest BCUT2D eigenvalue weighted by molar-refractivity contribution is -0.147. The van der Waals surface area contributed by atoms with E-state index in [1.165, 1.54) is 11.8 Å². The third-order valence-electron chi connectivity index (χ3n) is 6.60. The van der Waals surface area contributed by atoms with Gasteiger partial charge in [-0.25, -0.2) is 4.79 Å². The molecule has 1 aromatic carbocycles. The summed E-state index contributed by atoms with van der Waals surface area (Å²) in [6.45, 7) is 1.44. The molecule has 3 rings (SSSR count). The molecule has 2 aromatic rings. The SMILES string of the molecule is CC(O)C(NC(=O)C1CCCN1C(=O)C(Cc1c[nH]c2ccccc12)NC(=O)C(N)CCC(=O)O)C(=O)O. The molecule has 1 aromatic heterocycles. The van der Waals surface area contributed by atoms with Gasteiger partial charge in [0, 0.05) is 36.5 Å². The molecule has 3 amide bonds. The van der Waals surface area contributed by atoms with Gasteiger partial charge in [-0.1, -0.05) is 18.2 Å². The number of aliphatic hydroxyl groups is 1. The van der Waals surface area contributed by atoms with Crippen LogP contribution >= 0.6 is 0 Å². The summed E-state index contributed by atoms with van der Waals surface area (Å²) in [6.07, 6.45) is 0.727. The van der Waals surface area contributed by atoms with Crippen LogP contribution in [0.5, 0.6) is 0 Å². The Morgan fingerprint density at radius 2 is 1.87 bits per heavy atom. The number of nitrogens with zero attached hydrogens (tertiary/aromatic N) is 1. The van der Waals surface area contributed by atoms with Gasteiger partial charge in [-0.3, -0.25) is 19.2 Å². The van der Waals surface area contributed by atoms with Crippen LogP contribution in [-0.2, 0) is 30.4 Å². The van der Waals surface area contributed by atoms with Crippen LogP contribution in [0.25, 0.3) is 10.9 Å². The minimum Gasteiger partial charge on any atom is -0.481 e. The number of carboxylic acid groups (broad SMARTS) is 2. The maximum atomic E-state index is 13.7. The number of para-hydroxylation sites is 1. The van der Waals surface area contributed by atoms with Gasteiger partial charge in [0.15, 0.2) is 6.04 Å². The number of H-pyrrole nitrogens is 1. The molecular formula is C25H33N5O8. The fourth-order valence-corrected chi connectivity index (χ4v) is 4.55. The normalized spacial score (nSPS) is 18.4. The van der Waals surface area contributed by atoms with E-state index in [0.717, 1.165) is 16.5 Å². The van der Waals surface area contributed by atoms with Crippen molar-refractivity contribution in [2.45, 2.75) is 69.3 Å². The van der Waals surface area contributed by atoms with Crippen molar-refractivity contribution in [2.24, 2.45) is 5.73 Å². The number of aliphatic carboxylic acids is 2. The quantitative estimate of drug-likeness (QED) is 0.184. The predicted octanol–water partition coefficient (Wildman–Crippen LogP) is -0.671. The number of likely N-dealkylation sites (tertiary alicyclic amines) is 1. The molecule has 1 fully saturated rings. The third kappa shape index (κ3) is 6.86. The predicted molar refractivity (Wildman–Crippen MR) is 135 cm³/mol. The largest absolute Gasteiger partial charge is 0.481 e. The van der Waals surface area contributed by atoms with Gasteiger partial charge in [0.2, 0.25) is 17.7 Å². The number of benzene rings is 1. The number of carbonyl (C=O) groups is 5. The summed E-state index contributed by atoms with van der Waals surface area (Å²) in [7, 11) is 0. The lowest BCUT2D eigenvalue weighted by Gasteiger charge is -2.30. The molecule has 5 unspecified atom stereocenters. The molecule has 0 aliphatic carbocycles. The number of nitrogens with one attached hydrogen (secondary N) is 3. The fraction of sp³-hybridized carbons (Fsp3) is 0.480. The molecule has 0 bridgehead atoms. The van der Waals surface area contributed by atoms with E-state index in [1.54, 1.807) is 6.20 Å². The van der Waals surface area contributed by atoms with Crippen molar-refractivity contribution in [1.29, 1.82) is 0 Å². The van der Waals surface area contributed by atoms with Crippen molar-refractivity contribution in [2.75, 3.05) is 6.54 Å². The number of aromatic amines is 1. The Hall–Kier alpha value is -3.97. The molecule has 13 heteroatoms. The first-order valence-electron chi connectivity index (χ1n) is 12.3. The van der Waals surface area contributed by atoms with Gasteiger partial charge in [-0.15, -0.1) is 0 Å². The summed E-state index contributed by atoms with van der Waals surface area (Å²) < 4.78 is 0. The molecule has 1 saturated heterocycles. The lowest BCUT2D eigenvalue weighted by atomic mass is 10.0. The molecule has 2 heterocycles. The first-order chi connectivity index (χ1) is 18.0. The Morgan fingerprint density at radius 3 is 2.53 bits per heavy atom. The highest BCUT2D eigenvalue weighted by Crippen LogP contribution is 2.23. The monoisotopic (exact) mass is 531 g/mol. The molecule has 8 N–H and O–H groups in total. The number of rotatable bonds is 12. The number of fused-ring (bicyclic) bond motifs is 1. The van der Waals surface area contributed by atoms with Crippen molar-refractivity contribution in [3.8, 4) is 0 Å². The third-order valence-corrected chi connectivity index (χ3v) is 6.60. The van der Waals surface area contributed by atoms with E-state index in [2.05, 4.69) is 15.6 Å².